The second kappa shape index (κ2) is 7.12. The fourth-order valence-corrected chi connectivity index (χ4v) is 4.63. The average Bonchev–Trinajstić information content (AvgIpc) is 3.11. The van der Waals surface area contributed by atoms with Crippen molar-refractivity contribution in [3.8, 4) is 0 Å². The van der Waals surface area contributed by atoms with Crippen LogP contribution < -0.4 is 0 Å². The summed E-state index contributed by atoms with van der Waals surface area (Å²) in [6, 6.07) is 10.3. The van der Waals surface area contributed by atoms with Gasteiger partial charge in [-0.1, -0.05) is 31.0 Å². The van der Waals surface area contributed by atoms with Gasteiger partial charge in [0, 0.05) is 30.1 Å². The molecule has 1 aromatic carbocycles. The number of nitrogens with zero attached hydrogens (tertiary/aromatic N) is 2. The number of hydrogen-bond acceptors (Lipinski definition) is 3. The molecule has 0 radical (unpaired) electrons. The summed E-state index contributed by atoms with van der Waals surface area (Å²) in [4.78, 5) is 19.4. The van der Waals surface area contributed by atoms with Gasteiger partial charge in [-0.2, -0.15) is 0 Å². The predicted molar refractivity (Wildman–Crippen MR) is 98.1 cm³/mol. The lowest BCUT2D eigenvalue weighted by molar-refractivity contribution is -0.133. The number of amides is 1. The van der Waals surface area contributed by atoms with Gasteiger partial charge in [-0.15, -0.1) is 0 Å². The standard InChI is InChI=1S/C21H26N2O2/c24-20-10-4-2-7-17(20)19-9-5-11-23(19)21(25)13-15-12-16-6-1-3-8-18(16)22-14-15/h1,3,6,8,12,14,17,19-20,24H,2,4-5,7,9-11,13H2/t17-,19+,20+/m0/s1. The third-order valence-electron chi connectivity index (χ3n) is 5.90. The zero-order valence-corrected chi connectivity index (χ0v) is 14.6. The second-order valence-corrected chi connectivity index (χ2v) is 7.53. The lowest BCUT2D eigenvalue weighted by Gasteiger charge is -2.37. The first-order valence-corrected chi connectivity index (χ1v) is 9.53. The second-order valence-electron chi connectivity index (χ2n) is 7.53. The number of carbonyl (C=O) groups excluding carboxylic acids is 1. The van der Waals surface area contributed by atoms with Crippen molar-refractivity contribution < 1.29 is 9.90 Å². The van der Waals surface area contributed by atoms with Crippen LogP contribution in [-0.2, 0) is 11.2 Å². The molecule has 1 saturated heterocycles. The molecule has 1 aliphatic carbocycles. The minimum Gasteiger partial charge on any atom is -0.393 e. The number of carbonyl (C=O) groups is 1. The fraction of sp³-hybridized carbons (Fsp3) is 0.524. The van der Waals surface area contributed by atoms with Crippen LogP contribution in [0.1, 0.15) is 44.1 Å². The predicted octanol–water partition coefficient (Wildman–Crippen LogP) is 3.32. The highest BCUT2D eigenvalue weighted by atomic mass is 16.3. The maximum Gasteiger partial charge on any atom is 0.227 e. The van der Waals surface area contributed by atoms with Gasteiger partial charge in [0.1, 0.15) is 0 Å². The Morgan fingerprint density at radius 1 is 1.16 bits per heavy atom. The molecular formula is C21H26N2O2. The number of aliphatic hydroxyl groups is 1. The van der Waals surface area contributed by atoms with E-state index >= 15 is 0 Å². The summed E-state index contributed by atoms with van der Waals surface area (Å²) in [5, 5.41) is 11.5. The molecule has 1 amide bonds. The molecule has 2 heterocycles. The maximum absolute atomic E-state index is 12.9. The van der Waals surface area contributed by atoms with Crippen LogP contribution in [0.3, 0.4) is 0 Å². The Bertz CT molecular complexity index is 760. The summed E-state index contributed by atoms with van der Waals surface area (Å²) < 4.78 is 0. The zero-order chi connectivity index (χ0) is 17.2. The molecule has 0 bridgehead atoms. The van der Waals surface area contributed by atoms with Crippen LogP contribution in [0.5, 0.6) is 0 Å². The van der Waals surface area contributed by atoms with Gasteiger partial charge in [-0.25, -0.2) is 0 Å². The Hall–Kier alpha value is -1.94. The van der Waals surface area contributed by atoms with Crippen LogP contribution in [0.4, 0.5) is 0 Å². The topological polar surface area (TPSA) is 53.4 Å². The lowest BCUT2D eigenvalue weighted by Crippen LogP contribution is -2.45. The Labute approximate surface area is 148 Å². The van der Waals surface area contributed by atoms with E-state index in [0.29, 0.717) is 6.42 Å². The third kappa shape index (κ3) is 3.40. The SMILES string of the molecule is O=C(Cc1cnc2ccccc2c1)N1CCC[C@@H]1[C@@H]1CCCC[C@H]1O. The van der Waals surface area contributed by atoms with Crippen molar-refractivity contribution >= 4 is 16.8 Å². The summed E-state index contributed by atoms with van der Waals surface area (Å²) >= 11 is 0. The number of likely N-dealkylation sites (tertiary alicyclic amines) is 1. The Balaban J connectivity index is 1.49. The molecule has 2 fully saturated rings. The molecule has 4 rings (SSSR count). The molecule has 1 saturated carbocycles. The van der Waals surface area contributed by atoms with E-state index in [0.717, 1.165) is 55.1 Å². The summed E-state index contributed by atoms with van der Waals surface area (Å²) in [6.45, 7) is 0.827. The molecule has 3 atom stereocenters. The number of hydrogen-bond donors (Lipinski definition) is 1. The summed E-state index contributed by atoms with van der Waals surface area (Å²) in [6.07, 6.45) is 8.28. The van der Waals surface area contributed by atoms with E-state index in [9.17, 15) is 9.90 Å². The maximum atomic E-state index is 12.9. The Morgan fingerprint density at radius 3 is 2.88 bits per heavy atom. The van der Waals surface area contributed by atoms with E-state index in [4.69, 9.17) is 0 Å². The van der Waals surface area contributed by atoms with E-state index in [2.05, 4.69) is 11.1 Å². The van der Waals surface area contributed by atoms with Crippen molar-refractivity contribution in [2.45, 2.75) is 57.1 Å². The molecular weight excluding hydrogens is 312 g/mol. The van der Waals surface area contributed by atoms with Crippen LogP contribution in [0, 0.1) is 5.92 Å². The van der Waals surface area contributed by atoms with E-state index in [1.165, 1.54) is 6.42 Å². The molecule has 0 unspecified atom stereocenters. The van der Waals surface area contributed by atoms with Crippen molar-refractivity contribution in [2.24, 2.45) is 5.92 Å². The van der Waals surface area contributed by atoms with E-state index < -0.39 is 0 Å². The number of aliphatic hydroxyl groups excluding tert-OH is 1. The van der Waals surface area contributed by atoms with Crippen molar-refractivity contribution in [1.29, 1.82) is 0 Å². The highest BCUT2D eigenvalue weighted by molar-refractivity contribution is 5.83. The van der Waals surface area contributed by atoms with Crippen LogP contribution in [0.15, 0.2) is 36.5 Å². The van der Waals surface area contributed by atoms with Crippen molar-refractivity contribution in [3.05, 3.63) is 42.1 Å². The molecule has 4 nitrogen and oxygen atoms in total. The van der Waals surface area contributed by atoms with E-state index in [1.54, 1.807) is 0 Å². The van der Waals surface area contributed by atoms with Gasteiger partial charge in [0.05, 0.1) is 18.0 Å². The number of para-hydroxylation sites is 1. The monoisotopic (exact) mass is 338 g/mol. The van der Waals surface area contributed by atoms with Gasteiger partial charge in [-0.3, -0.25) is 9.78 Å². The molecule has 1 aliphatic heterocycles. The average molecular weight is 338 g/mol. The Morgan fingerprint density at radius 2 is 2.00 bits per heavy atom. The lowest BCUT2D eigenvalue weighted by atomic mass is 9.80. The number of rotatable bonds is 3. The third-order valence-corrected chi connectivity index (χ3v) is 5.90. The van der Waals surface area contributed by atoms with Crippen molar-refractivity contribution in [2.75, 3.05) is 6.54 Å². The minimum absolute atomic E-state index is 0.178. The quantitative estimate of drug-likeness (QED) is 0.934. The van der Waals surface area contributed by atoms with Gasteiger partial charge in [0.2, 0.25) is 5.91 Å². The first kappa shape index (κ1) is 16.5. The molecule has 1 aromatic heterocycles. The first-order chi connectivity index (χ1) is 12.2. The highest BCUT2D eigenvalue weighted by Crippen LogP contribution is 2.35. The van der Waals surface area contributed by atoms with Crippen LogP contribution in [-0.4, -0.2) is 39.6 Å². The summed E-state index contributed by atoms with van der Waals surface area (Å²) in [5.74, 6) is 0.437. The molecule has 4 heteroatoms. The molecule has 2 aromatic rings. The number of fused-ring (bicyclic) bond motifs is 1. The number of benzene rings is 1. The van der Waals surface area contributed by atoms with Crippen molar-refractivity contribution in [3.63, 3.8) is 0 Å². The number of aromatic nitrogens is 1. The zero-order valence-electron chi connectivity index (χ0n) is 14.6. The molecule has 0 spiro atoms. The smallest absolute Gasteiger partial charge is 0.227 e. The number of pyridine rings is 1. The summed E-state index contributed by atoms with van der Waals surface area (Å²) in [7, 11) is 0. The van der Waals surface area contributed by atoms with Gasteiger partial charge >= 0.3 is 0 Å². The van der Waals surface area contributed by atoms with E-state index in [-0.39, 0.29) is 24.0 Å². The normalized spacial score (nSPS) is 26.9. The first-order valence-electron chi connectivity index (χ1n) is 9.53. The van der Waals surface area contributed by atoms with Gasteiger partial charge in [-0.05, 0) is 43.4 Å². The summed E-state index contributed by atoms with van der Waals surface area (Å²) in [5.41, 5.74) is 1.93. The fourth-order valence-electron chi connectivity index (χ4n) is 4.63. The van der Waals surface area contributed by atoms with Gasteiger partial charge < -0.3 is 10.0 Å². The van der Waals surface area contributed by atoms with Crippen molar-refractivity contribution in [1.82, 2.24) is 9.88 Å². The molecule has 2 aliphatic rings. The van der Waals surface area contributed by atoms with Crippen LogP contribution in [0.25, 0.3) is 10.9 Å². The minimum atomic E-state index is -0.241. The van der Waals surface area contributed by atoms with E-state index in [1.807, 2.05) is 35.4 Å². The molecule has 1 N–H and O–H groups in total. The van der Waals surface area contributed by atoms with Gasteiger partial charge in [0.25, 0.3) is 0 Å². The van der Waals surface area contributed by atoms with Gasteiger partial charge in [0.15, 0.2) is 0 Å². The Kier molecular flexibility index (Phi) is 4.71. The highest BCUT2D eigenvalue weighted by Gasteiger charge is 2.38. The van der Waals surface area contributed by atoms with Crippen LogP contribution >= 0.6 is 0 Å². The molecule has 25 heavy (non-hydrogen) atoms. The van der Waals surface area contributed by atoms with Crippen LogP contribution in [0.2, 0.25) is 0 Å². The largest absolute Gasteiger partial charge is 0.393 e. The molecule has 132 valence electrons.